The molecule has 150 valence electrons. The maximum atomic E-state index is 13.3. The summed E-state index contributed by atoms with van der Waals surface area (Å²) in [5.41, 5.74) is 1.65. The normalized spacial score (nSPS) is 19.0. The Morgan fingerprint density at radius 1 is 1.00 bits per heavy atom. The molecule has 8 nitrogen and oxygen atoms in total. The number of hydrogen-bond acceptors (Lipinski definition) is 4. The molecule has 0 atom stereocenters. The van der Waals surface area contributed by atoms with Crippen molar-refractivity contribution < 1.29 is 9.59 Å². The number of nitrogens with zero attached hydrogens (tertiary/aromatic N) is 6. The molecule has 5 rings (SSSR count). The van der Waals surface area contributed by atoms with Crippen molar-refractivity contribution in [2.75, 3.05) is 37.6 Å². The van der Waals surface area contributed by atoms with Crippen molar-refractivity contribution in [2.45, 2.75) is 25.7 Å². The third-order valence-electron chi connectivity index (χ3n) is 5.80. The van der Waals surface area contributed by atoms with E-state index in [0.717, 1.165) is 50.0 Å². The molecule has 0 spiro atoms. The summed E-state index contributed by atoms with van der Waals surface area (Å²) in [6.07, 6.45) is 6.11. The Hall–Kier alpha value is -3.16. The molecule has 0 aliphatic carbocycles. The second kappa shape index (κ2) is 7.35. The third kappa shape index (κ3) is 3.08. The highest BCUT2D eigenvalue weighted by atomic mass is 16.2. The van der Waals surface area contributed by atoms with Gasteiger partial charge in [-0.15, -0.1) is 0 Å². The monoisotopic (exact) mass is 392 g/mol. The van der Waals surface area contributed by atoms with Gasteiger partial charge in [-0.2, -0.15) is 5.10 Å². The first-order valence-electron chi connectivity index (χ1n) is 10.3. The number of urea groups is 1. The number of rotatable bonds is 3. The van der Waals surface area contributed by atoms with E-state index in [1.54, 1.807) is 20.7 Å². The van der Waals surface area contributed by atoms with Crippen molar-refractivity contribution in [2.24, 2.45) is 4.99 Å². The number of likely N-dealkylation sites (tertiary alicyclic amines) is 1. The van der Waals surface area contributed by atoms with E-state index < -0.39 is 0 Å². The zero-order valence-electron chi connectivity index (χ0n) is 16.3. The van der Waals surface area contributed by atoms with Crippen LogP contribution in [0, 0.1) is 0 Å². The van der Waals surface area contributed by atoms with Gasteiger partial charge in [-0.25, -0.2) is 9.48 Å². The van der Waals surface area contributed by atoms with E-state index in [9.17, 15) is 9.59 Å². The number of aliphatic imine (C=N–C) groups is 1. The van der Waals surface area contributed by atoms with Crippen LogP contribution in [0.3, 0.4) is 0 Å². The predicted molar refractivity (Wildman–Crippen MR) is 109 cm³/mol. The van der Waals surface area contributed by atoms with E-state index in [1.807, 2.05) is 35.2 Å². The zero-order valence-corrected chi connectivity index (χ0v) is 16.3. The van der Waals surface area contributed by atoms with Crippen molar-refractivity contribution in [3.8, 4) is 5.69 Å². The van der Waals surface area contributed by atoms with Gasteiger partial charge in [-0.3, -0.25) is 19.6 Å². The Bertz CT molecular complexity index is 959. The molecule has 3 aliphatic rings. The van der Waals surface area contributed by atoms with Crippen LogP contribution in [0.4, 0.5) is 10.6 Å². The minimum absolute atomic E-state index is 0.00778. The van der Waals surface area contributed by atoms with E-state index >= 15 is 0 Å². The van der Waals surface area contributed by atoms with Gasteiger partial charge in [0, 0.05) is 19.6 Å². The lowest BCUT2D eigenvalue weighted by atomic mass is 10.2. The van der Waals surface area contributed by atoms with Crippen LogP contribution >= 0.6 is 0 Å². The molecule has 4 heterocycles. The number of fused-ring (bicyclic) bond motifs is 3. The summed E-state index contributed by atoms with van der Waals surface area (Å²) in [6, 6.07) is 9.48. The molecule has 0 bridgehead atoms. The van der Waals surface area contributed by atoms with Gasteiger partial charge in [0.15, 0.2) is 5.82 Å². The van der Waals surface area contributed by atoms with Gasteiger partial charge in [0.2, 0.25) is 5.91 Å². The minimum Gasteiger partial charge on any atom is -0.341 e. The van der Waals surface area contributed by atoms with E-state index in [1.165, 1.54) is 0 Å². The number of aromatic nitrogens is 2. The number of amidine groups is 1. The fourth-order valence-electron chi connectivity index (χ4n) is 4.32. The van der Waals surface area contributed by atoms with Crippen molar-refractivity contribution in [1.82, 2.24) is 19.6 Å². The first-order chi connectivity index (χ1) is 14.2. The van der Waals surface area contributed by atoms with Crippen LogP contribution in [-0.2, 0) is 4.79 Å². The molecule has 29 heavy (non-hydrogen) atoms. The molecule has 0 unspecified atom stereocenters. The van der Waals surface area contributed by atoms with Crippen molar-refractivity contribution in [3.63, 3.8) is 0 Å². The Morgan fingerprint density at radius 2 is 1.76 bits per heavy atom. The van der Waals surface area contributed by atoms with Crippen molar-refractivity contribution in [3.05, 3.63) is 42.1 Å². The summed E-state index contributed by atoms with van der Waals surface area (Å²) in [4.78, 5) is 36.0. The second-order valence-electron chi connectivity index (χ2n) is 7.65. The number of carbonyl (C=O) groups is 2. The Labute approximate surface area is 169 Å². The van der Waals surface area contributed by atoms with E-state index in [-0.39, 0.29) is 18.5 Å². The lowest BCUT2D eigenvalue weighted by molar-refractivity contribution is -0.129. The predicted octanol–water partition coefficient (Wildman–Crippen LogP) is 2.28. The van der Waals surface area contributed by atoms with Crippen LogP contribution in [0.25, 0.3) is 5.69 Å². The fourth-order valence-corrected chi connectivity index (χ4v) is 4.32. The summed E-state index contributed by atoms with van der Waals surface area (Å²) in [7, 11) is 0. The standard InChI is InChI=1S/C21H24N6O2/c28-18(24-11-6-1-2-7-12-24)15-26-20-17(19-22-10-13-25(19)21(26)29)14-23-27(20)16-8-4-3-5-9-16/h3-5,8-9,14H,1-2,6-7,10-13,15H2. The highest BCUT2D eigenvalue weighted by Gasteiger charge is 2.41. The van der Waals surface area contributed by atoms with Gasteiger partial charge in [0.25, 0.3) is 0 Å². The fraction of sp³-hybridized carbons (Fsp3) is 0.429. The van der Waals surface area contributed by atoms with Gasteiger partial charge in [0.1, 0.15) is 12.4 Å². The highest BCUT2D eigenvalue weighted by molar-refractivity contribution is 6.20. The topological polar surface area (TPSA) is 74.0 Å². The summed E-state index contributed by atoms with van der Waals surface area (Å²) in [6.45, 7) is 2.67. The average Bonchev–Trinajstić information content (AvgIpc) is 3.31. The van der Waals surface area contributed by atoms with Crippen molar-refractivity contribution in [1.29, 1.82) is 0 Å². The second-order valence-corrected chi connectivity index (χ2v) is 7.65. The number of carbonyl (C=O) groups excluding carboxylic acids is 2. The molecule has 1 fully saturated rings. The molecule has 3 aliphatic heterocycles. The van der Waals surface area contributed by atoms with Crippen LogP contribution in [0.15, 0.2) is 41.5 Å². The van der Waals surface area contributed by atoms with Gasteiger partial charge < -0.3 is 4.90 Å². The van der Waals surface area contributed by atoms with Crippen LogP contribution in [0.5, 0.6) is 0 Å². The summed E-state index contributed by atoms with van der Waals surface area (Å²) in [5.74, 6) is 1.28. The molecule has 3 amide bonds. The zero-order chi connectivity index (χ0) is 19.8. The van der Waals surface area contributed by atoms with Gasteiger partial charge in [0.05, 0.1) is 24.0 Å². The highest BCUT2D eigenvalue weighted by Crippen LogP contribution is 2.33. The Morgan fingerprint density at radius 3 is 2.52 bits per heavy atom. The molecule has 1 aromatic heterocycles. The molecule has 0 saturated carbocycles. The number of hydrogen-bond donors (Lipinski definition) is 0. The van der Waals surface area contributed by atoms with Gasteiger partial charge >= 0.3 is 6.03 Å². The summed E-state index contributed by atoms with van der Waals surface area (Å²) < 4.78 is 1.74. The Kier molecular flexibility index (Phi) is 4.54. The number of para-hydroxylation sites is 1. The SMILES string of the molecule is O=C(CN1C(=O)N2CCN=C2c2cnn(-c3ccccc3)c21)N1CCCCCC1. The van der Waals surface area contributed by atoms with Crippen LogP contribution in [0.1, 0.15) is 31.2 Å². The smallest absolute Gasteiger partial charge is 0.331 e. The molecular formula is C21H24N6O2. The molecule has 2 aromatic rings. The number of amides is 3. The first kappa shape index (κ1) is 17.9. The largest absolute Gasteiger partial charge is 0.341 e. The quantitative estimate of drug-likeness (QED) is 0.804. The van der Waals surface area contributed by atoms with Gasteiger partial charge in [-0.05, 0) is 25.0 Å². The van der Waals surface area contributed by atoms with Gasteiger partial charge in [-0.1, -0.05) is 31.0 Å². The summed E-state index contributed by atoms with van der Waals surface area (Å²) in [5, 5.41) is 4.54. The number of benzene rings is 1. The van der Waals surface area contributed by atoms with Crippen LogP contribution in [-0.4, -0.2) is 70.1 Å². The molecule has 0 N–H and O–H groups in total. The summed E-state index contributed by atoms with van der Waals surface area (Å²) >= 11 is 0. The maximum absolute atomic E-state index is 13.3. The lowest BCUT2D eigenvalue weighted by Gasteiger charge is -2.34. The minimum atomic E-state index is -0.199. The van der Waals surface area contributed by atoms with E-state index in [2.05, 4.69) is 10.1 Å². The average molecular weight is 392 g/mol. The third-order valence-corrected chi connectivity index (χ3v) is 5.80. The van der Waals surface area contributed by atoms with Crippen LogP contribution < -0.4 is 4.90 Å². The molecule has 1 aromatic carbocycles. The first-order valence-corrected chi connectivity index (χ1v) is 10.3. The van der Waals surface area contributed by atoms with Crippen molar-refractivity contribution >= 4 is 23.6 Å². The Balaban J connectivity index is 1.53. The number of anilines is 1. The molecule has 8 heteroatoms. The maximum Gasteiger partial charge on any atom is 0.331 e. The van der Waals surface area contributed by atoms with E-state index in [0.29, 0.717) is 24.7 Å². The molecular weight excluding hydrogens is 368 g/mol. The van der Waals surface area contributed by atoms with E-state index in [4.69, 9.17) is 0 Å². The molecule has 0 radical (unpaired) electrons. The lowest BCUT2D eigenvalue weighted by Crippen LogP contribution is -2.53. The molecule has 1 saturated heterocycles. The van der Waals surface area contributed by atoms with Crippen LogP contribution in [0.2, 0.25) is 0 Å².